The molecule has 0 saturated carbocycles. The number of hydrogen-bond donors (Lipinski definition) is 3. The first-order valence-electron chi connectivity index (χ1n) is 11.3. The summed E-state index contributed by atoms with van der Waals surface area (Å²) in [5, 5.41) is 7.84. The predicted molar refractivity (Wildman–Crippen MR) is 130 cm³/mol. The highest BCUT2D eigenvalue weighted by Gasteiger charge is 2.50. The molecule has 3 aromatic rings. The second-order valence-corrected chi connectivity index (χ2v) is 8.31. The number of urea groups is 2. The molecule has 2 heterocycles. The standard InChI is InChI=1S/C15H12N2O2.C12H14N2O2/c18-13-15(17-14(19)16-13,11-7-3-1-4-8-11)12-9-5-2-6-10-12;1-3-12(9-7-5-4-6-8-9)10(15)14(2)11(16)13-12/h1-10H,(H2,16,17,18,19);4-8H,3H2,1-2H3,(H,13,16). The van der Waals surface area contributed by atoms with E-state index >= 15 is 0 Å². The normalized spacial score (nSPS) is 20.5. The monoisotopic (exact) mass is 470 g/mol. The minimum absolute atomic E-state index is 0.189. The van der Waals surface area contributed by atoms with Crippen LogP contribution in [-0.4, -0.2) is 35.8 Å². The summed E-state index contributed by atoms with van der Waals surface area (Å²) in [6, 6.07) is 27.0. The molecule has 1 unspecified atom stereocenters. The molecule has 3 N–H and O–H groups in total. The Labute approximate surface area is 203 Å². The summed E-state index contributed by atoms with van der Waals surface area (Å²) >= 11 is 0. The Balaban J connectivity index is 0.000000168. The molecule has 2 aliphatic rings. The second-order valence-electron chi connectivity index (χ2n) is 8.31. The van der Waals surface area contributed by atoms with E-state index in [4.69, 9.17) is 0 Å². The van der Waals surface area contributed by atoms with E-state index in [1.807, 2.05) is 97.9 Å². The van der Waals surface area contributed by atoms with Crippen molar-refractivity contribution in [3.8, 4) is 0 Å². The number of carbonyl (C=O) groups excluding carboxylic acids is 4. The summed E-state index contributed by atoms with van der Waals surface area (Å²) < 4.78 is 0. The fraction of sp³-hybridized carbons (Fsp3) is 0.185. The average Bonchev–Trinajstić information content (AvgIpc) is 3.33. The zero-order chi connectivity index (χ0) is 25.1. The summed E-state index contributed by atoms with van der Waals surface area (Å²) in [7, 11) is 1.50. The molecule has 0 aliphatic carbocycles. The third-order valence-electron chi connectivity index (χ3n) is 6.37. The molecule has 0 radical (unpaired) electrons. The quantitative estimate of drug-likeness (QED) is 0.509. The van der Waals surface area contributed by atoms with Crippen LogP contribution >= 0.6 is 0 Å². The summed E-state index contributed by atoms with van der Waals surface area (Å²) in [5.74, 6) is -0.541. The van der Waals surface area contributed by atoms with E-state index in [1.165, 1.54) is 7.05 Å². The molecule has 35 heavy (non-hydrogen) atoms. The van der Waals surface area contributed by atoms with E-state index in [9.17, 15) is 19.2 Å². The van der Waals surface area contributed by atoms with Crippen LogP contribution in [0.5, 0.6) is 0 Å². The van der Waals surface area contributed by atoms with E-state index in [1.54, 1.807) is 0 Å². The Morgan fingerprint density at radius 2 is 1.14 bits per heavy atom. The van der Waals surface area contributed by atoms with Crippen molar-refractivity contribution in [1.82, 2.24) is 20.9 Å². The van der Waals surface area contributed by atoms with Crippen molar-refractivity contribution in [3.63, 3.8) is 0 Å². The van der Waals surface area contributed by atoms with E-state index in [0.29, 0.717) is 6.42 Å². The zero-order valence-corrected chi connectivity index (χ0v) is 19.4. The van der Waals surface area contributed by atoms with Crippen molar-refractivity contribution < 1.29 is 19.2 Å². The summed E-state index contributed by atoms with van der Waals surface area (Å²) in [4.78, 5) is 48.7. The SMILES string of the molecule is CCC1(c2ccccc2)NC(=O)N(C)C1=O.O=C1NC(=O)C(c2ccccc2)(c2ccccc2)N1. The van der Waals surface area contributed by atoms with Crippen molar-refractivity contribution in [2.45, 2.75) is 24.4 Å². The molecule has 8 nitrogen and oxygen atoms in total. The molecule has 2 fully saturated rings. The molecule has 0 bridgehead atoms. The van der Waals surface area contributed by atoms with Gasteiger partial charge in [0, 0.05) is 7.05 Å². The number of nitrogens with one attached hydrogen (secondary N) is 3. The fourth-order valence-corrected chi connectivity index (χ4v) is 4.47. The van der Waals surface area contributed by atoms with Crippen LogP contribution in [0.4, 0.5) is 9.59 Å². The van der Waals surface area contributed by atoms with Gasteiger partial charge in [-0.05, 0) is 23.1 Å². The highest BCUT2D eigenvalue weighted by Crippen LogP contribution is 2.33. The number of benzene rings is 3. The summed E-state index contributed by atoms with van der Waals surface area (Å²) in [6.45, 7) is 1.89. The van der Waals surface area contributed by atoms with Crippen molar-refractivity contribution >= 4 is 23.9 Å². The van der Waals surface area contributed by atoms with Gasteiger partial charge in [-0.25, -0.2) is 9.59 Å². The summed E-state index contributed by atoms with van der Waals surface area (Å²) in [6.07, 6.45) is 0.548. The minimum Gasteiger partial charge on any atom is -0.319 e. The number of likely N-dealkylation sites (N-methyl/N-ethyl adjacent to an activating group) is 1. The van der Waals surface area contributed by atoms with Gasteiger partial charge < -0.3 is 10.6 Å². The Hall–Kier alpha value is -4.46. The van der Waals surface area contributed by atoms with Crippen LogP contribution in [0.25, 0.3) is 0 Å². The highest BCUT2D eigenvalue weighted by atomic mass is 16.2. The average molecular weight is 471 g/mol. The van der Waals surface area contributed by atoms with Crippen molar-refractivity contribution in [2.24, 2.45) is 0 Å². The van der Waals surface area contributed by atoms with Gasteiger partial charge in [-0.15, -0.1) is 0 Å². The largest absolute Gasteiger partial charge is 0.325 e. The van der Waals surface area contributed by atoms with E-state index in [2.05, 4.69) is 16.0 Å². The van der Waals surface area contributed by atoms with Gasteiger partial charge in [-0.1, -0.05) is 97.9 Å². The smallest absolute Gasteiger partial charge is 0.319 e. The molecular formula is C27H26N4O4. The van der Waals surface area contributed by atoms with Crippen LogP contribution in [0.2, 0.25) is 0 Å². The third-order valence-corrected chi connectivity index (χ3v) is 6.37. The van der Waals surface area contributed by atoms with E-state index < -0.39 is 17.1 Å². The maximum Gasteiger partial charge on any atom is 0.325 e. The molecular weight excluding hydrogens is 444 g/mol. The molecule has 3 aromatic carbocycles. The number of amides is 6. The topological polar surface area (TPSA) is 108 Å². The van der Waals surface area contributed by atoms with E-state index in [-0.39, 0.29) is 17.8 Å². The van der Waals surface area contributed by atoms with Gasteiger partial charge in [-0.3, -0.25) is 19.8 Å². The molecule has 0 aromatic heterocycles. The Kier molecular flexibility index (Phi) is 6.38. The van der Waals surface area contributed by atoms with Gasteiger partial charge in [0.2, 0.25) is 0 Å². The van der Waals surface area contributed by atoms with Crippen LogP contribution in [-0.2, 0) is 20.7 Å². The maximum atomic E-state index is 12.3. The number of nitrogens with zero attached hydrogens (tertiary/aromatic N) is 1. The van der Waals surface area contributed by atoms with Crippen LogP contribution in [0.1, 0.15) is 30.0 Å². The van der Waals surface area contributed by atoms with Crippen LogP contribution in [0.3, 0.4) is 0 Å². The Morgan fingerprint density at radius 3 is 1.49 bits per heavy atom. The zero-order valence-electron chi connectivity index (χ0n) is 19.4. The highest BCUT2D eigenvalue weighted by molar-refractivity contribution is 6.09. The fourth-order valence-electron chi connectivity index (χ4n) is 4.47. The number of imide groups is 2. The molecule has 2 saturated heterocycles. The molecule has 8 heteroatoms. The molecule has 2 aliphatic heterocycles. The van der Waals surface area contributed by atoms with Crippen molar-refractivity contribution in [3.05, 3.63) is 108 Å². The second kappa shape index (κ2) is 9.42. The first-order chi connectivity index (χ1) is 16.8. The first-order valence-corrected chi connectivity index (χ1v) is 11.3. The molecule has 5 rings (SSSR count). The lowest BCUT2D eigenvalue weighted by molar-refractivity contribution is -0.130. The molecule has 178 valence electrons. The van der Waals surface area contributed by atoms with Gasteiger partial charge in [0.15, 0.2) is 5.54 Å². The number of rotatable bonds is 4. The van der Waals surface area contributed by atoms with Gasteiger partial charge in [0.25, 0.3) is 11.8 Å². The van der Waals surface area contributed by atoms with Crippen molar-refractivity contribution in [1.29, 1.82) is 0 Å². The molecule has 0 spiro atoms. The Morgan fingerprint density at radius 1 is 0.686 bits per heavy atom. The third kappa shape index (κ3) is 4.03. The lowest BCUT2D eigenvalue weighted by Gasteiger charge is -2.27. The number of carbonyl (C=O) groups is 4. The van der Waals surface area contributed by atoms with Gasteiger partial charge in [0.05, 0.1) is 0 Å². The lowest BCUT2D eigenvalue weighted by atomic mass is 9.83. The molecule has 6 amide bonds. The van der Waals surface area contributed by atoms with Crippen LogP contribution in [0, 0.1) is 0 Å². The van der Waals surface area contributed by atoms with Gasteiger partial charge in [-0.2, -0.15) is 0 Å². The Bertz CT molecular complexity index is 1210. The van der Waals surface area contributed by atoms with Gasteiger partial charge in [0.1, 0.15) is 5.54 Å². The maximum absolute atomic E-state index is 12.3. The van der Waals surface area contributed by atoms with Crippen LogP contribution in [0.15, 0.2) is 91.0 Å². The van der Waals surface area contributed by atoms with E-state index in [0.717, 1.165) is 21.6 Å². The lowest BCUT2D eigenvalue weighted by Crippen LogP contribution is -2.44. The first kappa shape index (κ1) is 23.7. The minimum atomic E-state index is -1.14. The van der Waals surface area contributed by atoms with Crippen LogP contribution < -0.4 is 16.0 Å². The molecule has 1 atom stereocenters. The van der Waals surface area contributed by atoms with Gasteiger partial charge >= 0.3 is 12.1 Å². The summed E-state index contributed by atoms with van der Waals surface area (Å²) in [5.41, 5.74) is 0.293. The number of hydrogen-bond acceptors (Lipinski definition) is 4. The predicted octanol–water partition coefficient (Wildman–Crippen LogP) is 3.24. The van der Waals surface area contributed by atoms with Crippen molar-refractivity contribution in [2.75, 3.05) is 7.05 Å².